The summed E-state index contributed by atoms with van der Waals surface area (Å²) in [5.74, 6) is 0.449. The number of benzene rings is 1. The lowest BCUT2D eigenvalue weighted by atomic mass is 9.91. The molecule has 2 unspecified atom stereocenters. The van der Waals surface area contributed by atoms with Crippen LogP contribution < -0.4 is 10.5 Å². The van der Waals surface area contributed by atoms with Crippen LogP contribution in [0.3, 0.4) is 0 Å². The van der Waals surface area contributed by atoms with Crippen LogP contribution in [-0.2, 0) is 0 Å². The van der Waals surface area contributed by atoms with Crippen LogP contribution in [0, 0.1) is 0 Å². The second-order valence-electron chi connectivity index (χ2n) is 5.37. The molecule has 2 nitrogen and oxygen atoms in total. The summed E-state index contributed by atoms with van der Waals surface area (Å²) in [5.41, 5.74) is 4.99. The van der Waals surface area contributed by atoms with E-state index in [2.05, 4.69) is 70.6 Å². The number of hydrogen-bond acceptors (Lipinski definition) is 2. The Balaban J connectivity index is 1.90. The first-order valence-electron chi connectivity index (χ1n) is 7.00. The zero-order valence-electron chi connectivity index (χ0n) is 11.4. The molecule has 0 amide bonds. The predicted octanol–water partition coefficient (Wildman–Crippen LogP) is 2.07. The highest BCUT2D eigenvalue weighted by molar-refractivity contribution is 6.30. The number of nitrogens with zero attached hydrogens (tertiary/aromatic N) is 2. The van der Waals surface area contributed by atoms with Crippen molar-refractivity contribution < 1.29 is 0 Å². The topological polar surface area (TPSA) is 16.1 Å². The Hall–Kier alpha value is -2.29. The van der Waals surface area contributed by atoms with E-state index in [0.717, 1.165) is 5.59 Å². The van der Waals surface area contributed by atoms with E-state index < -0.39 is 0 Å². The molecule has 2 heterocycles. The monoisotopic (exact) mass is 258 g/mol. The summed E-state index contributed by atoms with van der Waals surface area (Å²) in [6.07, 6.45) is 10.8. The quantitative estimate of drug-likeness (QED) is 0.728. The van der Waals surface area contributed by atoms with Gasteiger partial charge in [-0.1, -0.05) is 42.5 Å². The Morgan fingerprint density at radius 1 is 1.05 bits per heavy atom. The Bertz CT molecular complexity index is 720. The summed E-state index contributed by atoms with van der Waals surface area (Å²) in [6, 6.07) is 13.3. The number of fused-ring (bicyclic) bond motifs is 3. The summed E-state index contributed by atoms with van der Waals surface area (Å²) in [4.78, 5) is 6.74. The minimum absolute atomic E-state index is 0.374. The highest BCUT2D eigenvalue weighted by Gasteiger charge is 2.36. The smallest absolute Gasteiger partial charge is 0.164 e. The van der Waals surface area contributed by atoms with Crippen molar-refractivity contribution in [3.8, 4) is 0 Å². The number of para-hydroxylation sites is 1. The second kappa shape index (κ2) is 4.38. The van der Waals surface area contributed by atoms with Gasteiger partial charge < -0.3 is 4.90 Å². The van der Waals surface area contributed by atoms with E-state index in [-0.39, 0.29) is 0 Å². The molecule has 2 aromatic rings. The van der Waals surface area contributed by atoms with Crippen LogP contribution in [-0.4, -0.2) is 18.9 Å². The van der Waals surface area contributed by atoms with Gasteiger partial charge in [0.2, 0.25) is 0 Å². The molecule has 0 radical (unpaired) electrons. The molecule has 0 spiro atoms. The van der Waals surface area contributed by atoms with Gasteiger partial charge in [-0.25, -0.2) is 0 Å². The van der Waals surface area contributed by atoms with E-state index >= 15 is 0 Å². The maximum atomic E-state index is 4.31. The molecule has 1 aliphatic heterocycles. The van der Waals surface area contributed by atoms with E-state index in [4.69, 9.17) is 0 Å². The van der Waals surface area contributed by atoms with Crippen molar-refractivity contribution in [3.63, 3.8) is 0 Å². The van der Waals surface area contributed by atoms with Gasteiger partial charge in [-0.2, -0.15) is 0 Å². The van der Waals surface area contributed by atoms with Crippen molar-refractivity contribution >= 4 is 24.8 Å². The normalized spacial score (nSPS) is 22.7. The van der Waals surface area contributed by atoms with Crippen molar-refractivity contribution in [2.24, 2.45) is 0 Å². The first-order chi connectivity index (χ1) is 9.84. The third-order valence-electron chi connectivity index (χ3n) is 4.12. The van der Waals surface area contributed by atoms with Gasteiger partial charge in [0, 0.05) is 23.5 Å². The Morgan fingerprint density at radius 3 is 2.80 bits per heavy atom. The van der Waals surface area contributed by atoms with E-state index in [1.807, 2.05) is 14.0 Å². The molecule has 0 saturated heterocycles. The van der Waals surface area contributed by atoms with E-state index in [0.29, 0.717) is 12.0 Å². The fraction of sp³-hybridized carbons (Fsp3) is 0.118. The van der Waals surface area contributed by atoms with E-state index in [1.165, 1.54) is 16.9 Å². The van der Waals surface area contributed by atoms with E-state index in [9.17, 15) is 0 Å². The van der Waals surface area contributed by atoms with Gasteiger partial charge in [0.05, 0.1) is 6.04 Å². The summed E-state index contributed by atoms with van der Waals surface area (Å²) < 4.78 is 0. The molecule has 0 saturated carbocycles. The molecule has 3 heteroatoms. The molecular weight excluding hydrogens is 243 g/mol. The number of allylic oxidation sites excluding steroid dienone is 2. The predicted molar refractivity (Wildman–Crippen MR) is 85.8 cm³/mol. The van der Waals surface area contributed by atoms with Crippen LogP contribution in [0.4, 0.5) is 11.4 Å². The lowest BCUT2D eigenvalue weighted by Gasteiger charge is -2.28. The maximum Gasteiger partial charge on any atom is 0.164 e. The number of rotatable bonds is 1. The fourth-order valence-electron chi connectivity index (χ4n) is 3.27. The number of anilines is 2. The van der Waals surface area contributed by atoms with Gasteiger partial charge in [0.15, 0.2) is 7.85 Å². The molecule has 1 aromatic carbocycles. The fourth-order valence-corrected chi connectivity index (χ4v) is 3.27. The molecule has 1 aliphatic carbocycles. The van der Waals surface area contributed by atoms with Crippen molar-refractivity contribution in [2.45, 2.75) is 12.0 Å². The molecular formula is C17H15BN2. The van der Waals surface area contributed by atoms with Gasteiger partial charge in [0.25, 0.3) is 0 Å². The number of aromatic nitrogens is 1. The average Bonchev–Trinajstić information content (AvgIpc) is 2.82. The zero-order chi connectivity index (χ0) is 13.5. The van der Waals surface area contributed by atoms with Gasteiger partial charge in [-0.05, 0) is 29.4 Å². The second-order valence-corrected chi connectivity index (χ2v) is 5.37. The van der Waals surface area contributed by atoms with Crippen LogP contribution in [0.25, 0.3) is 0 Å². The molecule has 20 heavy (non-hydrogen) atoms. The van der Waals surface area contributed by atoms with Crippen molar-refractivity contribution in [2.75, 3.05) is 4.90 Å². The minimum atomic E-state index is 0.374. The van der Waals surface area contributed by atoms with E-state index in [1.54, 1.807) is 0 Å². The average molecular weight is 258 g/mol. The lowest BCUT2D eigenvalue weighted by molar-refractivity contribution is 0.744. The number of hydrogen-bond donors (Lipinski definition) is 0. The van der Waals surface area contributed by atoms with Crippen LogP contribution >= 0.6 is 0 Å². The first-order valence-corrected chi connectivity index (χ1v) is 7.00. The summed E-state index contributed by atoms with van der Waals surface area (Å²) in [5, 5.41) is 0. The third kappa shape index (κ3) is 1.63. The highest BCUT2D eigenvalue weighted by atomic mass is 15.2. The van der Waals surface area contributed by atoms with Gasteiger partial charge in [-0.3, -0.25) is 4.98 Å². The van der Waals surface area contributed by atoms with Crippen LogP contribution in [0.2, 0.25) is 0 Å². The summed E-state index contributed by atoms with van der Waals surface area (Å²) in [7, 11) is 2.04. The highest BCUT2D eigenvalue weighted by Crippen LogP contribution is 2.46. The van der Waals surface area contributed by atoms with Crippen molar-refractivity contribution in [1.29, 1.82) is 0 Å². The SMILES string of the molecule is Bc1cc(N2c3ccccc3C3C=CC=CC32)ccn1. The Morgan fingerprint density at radius 2 is 1.90 bits per heavy atom. The summed E-state index contributed by atoms with van der Waals surface area (Å²) in [6.45, 7) is 0. The maximum absolute atomic E-state index is 4.31. The molecule has 0 N–H and O–H groups in total. The van der Waals surface area contributed by atoms with Gasteiger partial charge in [-0.15, -0.1) is 0 Å². The molecule has 0 fully saturated rings. The molecule has 0 bridgehead atoms. The Kier molecular flexibility index (Phi) is 2.52. The number of pyridine rings is 1. The van der Waals surface area contributed by atoms with Crippen LogP contribution in [0.5, 0.6) is 0 Å². The van der Waals surface area contributed by atoms with Gasteiger partial charge in [0.1, 0.15) is 0 Å². The zero-order valence-corrected chi connectivity index (χ0v) is 11.4. The van der Waals surface area contributed by atoms with Gasteiger partial charge >= 0.3 is 0 Å². The third-order valence-corrected chi connectivity index (χ3v) is 4.12. The lowest BCUT2D eigenvalue weighted by Crippen LogP contribution is -2.29. The standard InChI is InChI=1S/C17H15BN2/c18-17-11-12(9-10-19-17)20-15-7-3-1-5-13(15)14-6-2-4-8-16(14)20/h1-11,13,15H,18H2. The van der Waals surface area contributed by atoms with Crippen LogP contribution in [0.1, 0.15) is 11.5 Å². The molecule has 96 valence electrons. The molecule has 2 atom stereocenters. The van der Waals surface area contributed by atoms with Crippen LogP contribution in [0.15, 0.2) is 66.9 Å². The van der Waals surface area contributed by atoms with Crippen molar-refractivity contribution in [1.82, 2.24) is 4.98 Å². The first kappa shape index (κ1) is 11.5. The molecule has 2 aliphatic rings. The van der Waals surface area contributed by atoms with Crippen molar-refractivity contribution in [3.05, 3.63) is 72.5 Å². The summed E-state index contributed by atoms with van der Waals surface area (Å²) >= 11 is 0. The largest absolute Gasteiger partial charge is 0.333 e. The Labute approximate surface area is 119 Å². The molecule has 1 aromatic heterocycles. The molecule has 4 rings (SSSR count). The minimum Gasteiger partial charge on any atom is -0.333 e.